The molecule has 1 aromatic rings. The van der Waals surface area contributed by atoms with Gasteiger partial charge in [0.05, 0.1) is 18.4 Å². The quantitative estimate of drug-likeness (QED) is 0.574. The van der Waals surface area contributed by atoms with Gasteiger partial charge in [-0.2, -0.15) is 5.10 Å². The molecule has 0 bridgehead atoms. The second-order valence-corrected chi connectivity index (χ2v) is 3.56. The van der Waals surface area contributed by atoms with E-state index in [-0.39, 0.29) is 12.4 Å². The lowest BCUT2D eigenvalue weighted by Crippen LogP contribution is -2.04. The van der Waals surface area contributed by atoms with Crippen LogP contribution < -0.4 is 0 Å². The minimum absolute atomic E-state index is 0.159. The third-order valence-electron chi connectivity index (χ3n) is 2.17. The normalized spacial score (nSPS) is 10.2. The highest BCUT2D eigenvalue weighted by Gasteiger charge is 2.08. The van der Waals surface area contributed by atoms with E-state index < -0.39 is 5.97 Å². The van der Waals surface area contributed by atoms with Crippen LogP contribution in [0.3, 0.4) is 0 Å². The number of rotatable bonds is 7. The zero-order chi connectivity index (χ0) is 12.7. The van der Waals surface area contributed by atoms with Crippen molar-refractivity contribution >= 4 is 11.9 Å². The van der Waals surface area contributed by atoms with Crippen LogP contribution in [0.1, 0.15) is 36.5 Å². The first kappa shape index (κ1) is 13.2. The van der Waals surface area contributed by atoms with E-state index in [1.54, 1.807) is 17.8 Å². The third kappa shape index (κ3) is 4.67. The minimum Gasteiger partial charge on any atom is -0.481 e. The fraction of sp³-hybridized carbons (Fsp3) is 0.545. The number of nitrogens with zero attached hydrogens (tertiary/aromatic N) is 2. The van der Waals surface area contributed by atoms with Crippen LogP contribution in [0.15, 0.2) is 12.4 Å². The molecule has 0 aliphatic heterocycles. The van der Waals surface area contributed by atoms with Crippen LogP contribution in [0.5, 0.6) is 0 Å². The van der Waals surface area contributed by atoms with Crippen molar-refractivity contribution in [1.82, 2.24) is 9.78 Å². The molecule has 6 heteroatoms. The second-order valence-electron chi connectivity index (χ2n) is 3.56. The van der Waals surface area contributed by atoms with Crippen LogP contribution in [-0.4, -0.2) is 33.4 Å². The Morgan fingerprint density at radius 1 is 1.47 bits per heavy atom. The Bertz CT molecular complexity index is 387. The number of carboxylic acid groups (broad SMARTS) is 1. The molecule has 17 heavy (non-hydrogen) atoms. The van der Waals surface area contributed by atoms with Crippen molar-refractivity contribution in [1.29, 1.82) is 0 Å². The van der Waals surface area contributed by atoms with E-state index in [1.165, 1.54) is 6.20 Å². The number of aromatic nitrogens is 2. The first-order valence-electron chi connectivity index (χ1n) is 5.55. The van der Waals surface area contributed by atoms with E-state index in [4.69, 9.17) is 9.84 Å². The maximum Gasteiger partial charge on any atom is 0.341 e. The van der Waals surface area contributed by atoms with Gasteiger partial charge < -0.3 is 9.84 Å². The smallest absolute Gasteiger partial charge is 0.341 e. The molecule has 0 aliphatic carbocycles. The fourth-order valence-corrected chi connectivity index (χ4v) is 1.36. The van der Waals surface area contributed by atoms with Gasteiger partial charge in [0.1, 0.15) is 0 Å². The average Bonchev–Trinajstić information content (AvgIpc) is 2.73. The number of hydrogen-bond donors (Lipinski definition) is 1. The highest BCUT2D eigenvalue weighted by molar-refractivity contribution is 5.88. The second kappa shape index (κ2) is 6.67. The summed E-state index contributed by atoms with van der Waals surface area (Å²) in [6, 6.07) is 0. The molecule has 0 saturated carbocycles. The molecule has 1 rings (SSSR count). The molecule has 1 aromatic heterocycles. The zero-order valence-corrected chi connectivity index (χ0v) is 9.76. The van der Waals surface area contributed by atoms with Crippen molar-refractivity contribution in [2.75, 3.05) is 6.61 Å². The van der Waals surface area contributed by atoms with Crippen molar-refractivity contribution in [2.45, 2.75) is 32.7 Å². The Kier molecular flexibility index (Phi) is 5.19. The fourth-order valence-electron chi connectivity index (χ4n) is 1.36. The van der Waals surface area contributed by atoms with Crippen LogP contribution in [-0.2, 0) is 16.1 Å². The van der Waals surface area contributed by atoms with Crippen molar-refractivity contribution < 1.29 is 19.4 Å². The summed E-state index contributed by atoms with van der Waals surface area (Å²) in [6.45, 7) is 2.68. The summed E-state index contributed by atoms with van der Waals surface area (Å²) in [6.07, 6.45) is 4.54. The molecule has 0 aliphatic rings. The maximum atomic E-state index is 11.3. The number of esters is 1. The highest BCUT2D eigenvalue weighted by Crippen LogP contribution is 2.03. The molecule has 0 amide bonds. The molecule has 0 aromatic carbocycles. The minimum atomic E-state index is -0.794. The largest absolute Gasteiger partial charge is 0.481 e. The Hall–Kier alpha value is -1.85. The molecular weight excluding hydrogens is 224 g/mol. The van der Waals surface area contributed by atoms with Crippen molar-refractivity contribution in [3.05, 3.63) is 18.0 Å². The van der Waals surface area contributed by atoms with E-state index in [1.807, 2.05) is 0 Å². The molecule has 0 atom stereocenters. The zero-order valence-electron chi connectivity index (χ0n) is 9.76. The van der Waals surface area contributed by atoms with Gasteiger partial charge in [-0.05, 0) is 19.8 Å². The maximum absolute atomic E-state index is 11.3. The average molecular weight is 240 g/mol. The van der Waals surface area contributed by atoms with Crippen LogP contribution in [0.25, 0.3) is 0 Å². The van der Waals surface area contributed by atoms with Gasteiger partial charge in [-0.3, -0.25) is 9.48 Å². The summed E-state index contributed by atoms with van der Waals surface area (Å²) in [7, 11) is 0. The standard InChI is InChI=1S/C11H16N2O4/c1-2-17-11(16)9-7-12-13(8-9)6-4-3-5-10(14)15/h7-8H,2-6H2,1H3,(H,14,15). The van der Waals surface area contributed by atoms with Crippen molar-refractivity contribution in [3.8, 4) is 0 Å². The van der Waals surface area contributed by atoms with Gasteiger partial charge in [0.15, 0.2) is 0 Å². The Morgan fingerprint density at radius 2 is 2.24 bits per heavy atom. The molecule has 1 heterocycles. The topological polar surface area (TPSA) is 81.4 Å². The monoisotopic (exact) mass is 240 g/mol. The van der Waals surface area contributed by atoms with Crippen LogP contribution >= 0.6 is 0 Å². The summed E-state index contributed by atoms with van der Waals surface area (Å²) in [4.78, 5) is 21.6. The lowest BCUT2D eigenvalue weighted by atomic mass is 10.2. The van der Waals surface area contributed by atoms with Gasteiger partial charge >= 0.3 is 11.9 Å². The Labute approximate surface area is 99.2 Å². The lowest BCUT2D eigenvalue weighted by Gasteiger charge is -1.99. The van der Waals surface area contributed by atoms with Crippen molar-refractivity contribution in [3.63, 3.8) is 0 Å². The number of carbonyl (C=O) groups is 2. The number of aryl methyl sites for hydroxylation is 1. The molecule has 0 fully saturated rings. The predicted molar refractivity (Wildman–Crippen MR) is 59.7 cm³/mol. The first-order valence-corrected chi connectivity index (χ1v) is 5.55. The molecular formula is C11H16N2O4. The van der Waals surface area contributed by atoms with E-state index in [9.17, 15) is 9.59 Å². The molecule has 94 valence electrons. The SMILES string of the molecule is CCOC(=O)c1cnn(CCCCC(=O)O)c1. The number of aliphatic carboxylic acids is 1. The summed E-state index contributed by atoms with van der Waals surface area (Å²) in [5, 5.41) is 12.5. The van der Waals surface area contributed by atoms with E-state index in [0.29, 0.717) is 25.1 Å². The number of ether oxygens (including phenoxy) is 1. The van der Waals surface area contributed by atoms with Gasteiger partial charge in [0.2, 0.25) is 0 Å². The summed E-state index contributed by atoms with van der Waals surface area (Å²) in [5.41, 5.74) is 0.421. The molecule has 6 nitrogen and oxygen atoms in total. The lowest BCUT2D eigenvalue weighted by molar-refractivity contribution is -0.137. The Balaban J connectivity index is 2.35. The number of carboxylic acids is 1. The number of unbranched alkanes of at least 4 members (excludes halogenated alkanes) is 1. The summed E-state index contributed by atoms with van der Waals surface area (Å²) >= 11 is 0. The molecule has 0 saturated heterocycles. The van der Waals surface area contributed by atoms with Gasteiger partial charge in [-0.25, -0.2) is 4.79 Å². The summed E-state index contributed by atoms with van der Waals surface area (Å²) < 4.78 is 6.45. The van der Waals surface area contributed by atoms with Gasteiger partial charge in [-0.15, -0.1) is 0 Å². The van der Waals surface area contributed by atoms with Crippen molar-refractivity contribution in [2.24, 2.45) is 0 Å². The predicted octanol–water partition coefficient (Wildman–Crippen LogP) is 1.31. The summed E-state index contributed by atoms with van der Waals surface area (Å²) in [5.74, 6) is -1.18. The molecule has 0 radical (unpaired) electrons. The Morgan fingerprint density at radius 3 is 2.88 bits per heavy atom. The van der Waals surface area contributed by atoms with Crippen LogP contribution in [0.2, 0.25) is 0 Å². The van der Waals surface area contributed by atoms with Crippen LogP contribution in [0, 0.1) is 0 Å². The third-order valence-corrected chi connectivity index (χ3v) is 2.17. The first-order chi connectivity index (χ1) is 8.13. The van der Waals surface area contributed by atoms with Crippen LogP contribution in [0.4, 0.5) is 0 Å². The highest BCUT2D eigenvalue weighted by atomic mass is 16.5. The number of carbonyl (C=O) groups excluding carboxylic acids is 1. The van der Waals surface area contributed by atoms with Gasteiger partial charge in [-0.1, -0.05) is 0 Å². The van der Waals surface area contributed by atoms with Gasteiger partial charge in [0.25, 0.3) is 0 Å². The van der Waals surface area contributed by atoms with Gasteiger partial charge in [0, 0.05) is 19.2 Å². The molecule has 0 unspecified atom stereocenters. The molecule has 0 spiro atoms. The van der Waals surface area contributed by atoms with E-state index in [0.717, 1.165) is 6.42 Å². The number of hydrogen-bond acceptors (Lipinski definition) is 4. The molecule has 1 N–H and O–H groups in total. The van der Waals surface area contributed by atoms with E-state index in [2.05, 4.69) is 5.10 Å². The van der Waals surface area contributed by atoms with E-state index >= 15 is 0 Å².